The summed E-state index contributed by atoms with van der Waals surface area (Å²) in [6.07, 6.45) is 1.02. The summed E-state index contributed by atoms with van der Waals surface area (Å²) in [4.78, 5) is 4.74. The summed E-state index contributed by atoms with van der Waals surface area (Å²) in [6.45, 7) is 10.3. The van der Waals surface area contributed by atoms with Crippen LogP contribution in [0.1, 0.15) is 23.6 Å². The Hall–Kier alpha value is -1.78. The van der Waals surface area contributed by atoms with Crippen LogP contribution in [0.15, 0.2) is 30.3 Å². The van der Waals surface area contributed by atoms with Crippen molar-refractivity contribution in [1.29, 1.82) is 0 Å². The predicted molar refractivity (Wildman–Crippen MR) is 111 cm³/mol. The lowest BCUT2D eigenvalue weighted by molar-refractivity contribution is 0.196. The highest BCUT2D eigenvalue weighted by Crippen LogP contribution is 2.26. The lowest BCUT2D eigenvalue weighted by Gasteiger charge is -2.39. The van der Waals surface area contributed by atoms with Crippen molar-refractivity contribution >= 4 is 17.3 Å². The van der Waals surface area contributed by atoms with E-state index in [0.717, 1.165) is 44.0 Å². The fourth-order valence-electron chi connectivity index (χ4n) is 3.84. The molecule has 3 nitrogen and oxygen atoms in total. The van der Waals surface area contributed by atoms with Crippen molar-refractivity contribution in [1.82, 2.24) is 4.90 Å². The lowest BCUT2D eigenvalue weighted by Crippen LogP contribution is -2.50. The van der Waals surface area contributed by atoms with Crippen LogP contribution in [0.3, 0.4) is 0 Å². The van der Waals surface area contributed by atoms with Crippen molar-refractivity contribution in [3.8, 4) is 5.75 Å². The average molecular weight is 391 g/mol. The molecule has 0 spiro atoms. The summed E-state index contributed by atoms with van der Waals surface area (Å²) >= 11 is 5.79. The summed E-state index contributed by atoms with van der Waals surface area (Å²) in [5, 5.41) is 0.177. The molecule has 1 aliphatic heterocycles. The predicted octanol–water partition coefficient (Wildman–Crippen LogP) is 4.86. The van der Waals surface area contributed by atoms with Gasteiger partial charge in [-0.1, -0.05) is 17.7 Å². The van der Waals surface area contributed by atoms with E-state index in [2.05, 4.69) is 42.7 Å². The second-order valence-corrected chi connectivity index (χ2v) is 7.76. The summed E-state index contributed by atoms with van der Waals surface area (Å²) in [6, 6.07) is 9.78. The number of anilines is 1. The number of piperazine rings is 1. The van der Waals surface area contributed by atoms with E-state index in [4.69, 9.17) is 16.3 Å². The highest BCUT2D eigenvalue weighted by molar-refractivity contribution is 6.30. The van der Waals surface area contributed by atoms with Crippen LogP contribution in [-0.4, -0.2) is 44.2 Å². The summed E-state index contributed by atoms with van der Waals surface area (Å²) in [5.74, 6) is 0.600. The van der Waals surface area contributed by atoms with Crippen LogP contribution in [0.2, 0.25) is 5.02 Å². The molecule has 0 bridgehead atoms. The molecule has 1 unspecified atom stereocenters. The third-order valence-corrected chi connectivity index (χ3v) is 6.10. The van der Waals surface area contributed by atoms with E-state index in [1.807, 2.05) is 6.07 Å². The van der Waals surface area contributed by atoms with Gasteiger partial charge in [0.25, 0.3) is 0 Å². The van der Waals surface area contributed by atoms with Gasteiger partial charge in [-0.25, -0.2) is 4.39 Å². The van der Waals surface area contributed by atoms with Gasteiger partial charge >= 0.3 is 0 Å². The zero-order valence-corrected chi connectivity index (χ0v) is 17.3. The Bertz CT molecular complexity index is 803. The Morgan fingerprint density at radius 1 is 1.07 bits per heavy atom. The Kier molecular flexibility index (Phi) is 6.28. The number of rotatable bonds is 5. The maximum atomic E-state index is 13.7. The molecule has 1 saturated heterocycles. The molecule has 0 N–H and O–H groups in total. The Balaban J connectivity index is 1.61. The number of hydrogen-bond donors (Lipinski definition) is 0. The molecule has 0 saturated carbocycles. The first-order valence-electron chi connectivity index (χ1n) is 9.47. The largest absolute Gasteiger partial charge is 0.496 e. The molecule has 2 aromatic carbocycles. The van der Waals surface area contributed by atoms with Crippen molar-refractivity contribution in [2.45, 2.75) is 33.2 Å². The maximum Gasteiger partial charge on any atom is 0.143 e. The van der Waals surface area contributed by atoms with Gasteiger partial charge in [-0.15, -0.1) is 0 Å². The van der Waals surface area contributed by atoms with Gasteiger partial charge in [-0.3, -0.25) is 4.90 Å². The van der Waals surface area contributed by atoms with Crippen molar-refractivity contribution in [3.63, 3.8) is 0 Å². The summed E-state index contributed by atoms with van der Waals surface area (Å²) in [7, 11) is 1.72. The fraction of sp³-hybridized carbons (Fsp3) is 0.455. The third-order valence-electron chi connectivity index (χ3n) is 5.79. The first-order valence-corrected chi connectivity index (χ1v) is 9.85. The van der Waals surface area contributed by atoms with E-state index in [-0.39, 0.29) is 10.8 Å². The molecule has 1 heterocycles. The minimum atomic E-state index is -0.352. The van der Waals surface area contributed by atoms with Crippen LogP contribution in [0.25, 0.3) is 0 Å². The third kappa shape index (κ3) is 4.39. The van der Waals surface area contributed by atoms with E-state index in [1.165, 1.54) is 22.8 Å². The summed E-state index contributed by atoms with van der Waals surface area (Å²) < 4.78 is 19.1. The zero-order valence-electron chi connectivity index (χ0n) is 16.6. The highest BCUT2D eigenvalue weighted by atomic mass is 35.5. The van der Waals surface area contributed by atoms with Crippen molar-refractivity contribution in [2.75, 3.05) is 38.2 Å². The molecule has 27 heavy (non-hydrogen) atoms. The summed E-state index contributed by atoms with van der Waals surface area (Å²) in [5.41, 5.74) is 4.82. The molecule has 1 aliphatic rings. The number of hydrogen-bond acceptors (Lipinski definition) is 3. The van der Waals surface area contributed by atoms with Gasteiger partial charge in [0.1, 0.15) is 11.6 Å². The Morgan fingerprint density at radius 3 is 2.41 bits per heavy atom. The van der Waals surface area contributed by atoms with Crippen LogP contribution < -0.4 is 9.64 Å². The van der Waals surface area contributed by atoms with Gasteiger partial charge in [0, 0.05) is 37.9 Å². The molecule has 146 valence electrons. The molecule has 1 atom stereocenters. The molecular formula is C22H28ClFN2O. The number of ether oxygens (including phenoxy) is 1. The standard InChI is InChI=1S/C22H28ClFN2O/c1-15(13-18-5-8-22(27-4)17(3)16(18)2)25-9-11-26(12-10-25)19-6-7-20(23)21(24)14-19/h5-8,14-15H,9-13H2,1-4H3. The van der Waals surface area contributed by atoms with Gasteiger partial charge < -0.3 is 9.64 Å². The van der Waals surface area contributed by atoms with Crippen molar-refractivity contribution in [3.05, 3.63) is 57.9 Å². The molecule has 0 aliphatic carbocycles. The van der Waals surface area contributed by atoms with Crippen molar-refractivity contribution < 1.29 is 9.13 Å². The normalized spacial score (nSPS) is 16.4. The molecule has 2 aromatic rings. The van der Waals surface area contributed by atoms with Crippen LogP contribution in [0.5, 0.6) is 5.75 Å². The number of halogens is 2. The SMILES string of the molecule is COc1ccc(CC(C)N2CCN(c3ccc(Cl)c(F)c3)CC2)c(C)c1C. The molecular weight excluding hydrogens is 363 g/mol. The number of benzene rings is 2. The topological polar surface area (TPSA) is 15.7 Å². The van der Waals surface area contributed by atoms with Crippen molar-refractivity contribution in [2.24, 2.45) is 0 Å². The van der Waals surface area contributed by atoms with E-state index < -0.39 is 0 Å². The minimum Gasteiger partial charge on any atom is -0.496 e. The number of nitrogens with zero attached hydrogens (tertiary/aromatic N) is 2. The quantitative estimate of drug-likeness (QED) is 0.725. The second-order valence-electron chi connectivity index (χ2n) is 7.35. The van der Waals surface area contributed by atoms with E-state index >= 15 is 0 Å². The molecule has 3 rings (SSSR count). The average Bonchev–Trinajstić information content (AvgIpc) is 2.68. The van der Waals surface area contributed by atoms with Gasteiger partial charge in [0.15, 0.2) is 0 Å². The lowest BCUT2D eigenvalue weighted by atomic mass is 9.96. The highest BCUT2D eigenvalue weighted by Gasteiger charge is 2.22. The monoisotopic (exact) mass is 390 g/mol. The van der Waals surface area contributed by atoms with E-state index in [0.29, 0.717) is 6.04 Å². The Morgan fingerprint density at radius 2 is 1.78 bits per heavy atom. The van der Waals surface area contributed by atoms with Gasteiger partial charge in [-0.2, -0.15) is 0 Å². The van der Waals surface area contributed by atoms with Crippen LogP contribution in [0.4, 0.5) is 10.1 Å². The molecule has 0 radical (unpaired) electrons. The van der Waals surface area contributed by atoms with Crippen LogP contribution in [0, 0.1) is 19.7 Å². The van der Waals surface area contributed by atoms with Crippen LogP contribution in [-0.2, 0) is 6.42 Å². The molecule has 5 heteroatoms. The maximum absolute atomic E-state index is 13.7. The first kappa shape index (κ1) is 20.0. The molecule has 1 fully saturated rings. The van der Waals surface area contributed by atoms with Crippen LogP contribution >= 0.6 is 11.6 Å². The second kappa shape index (κ2) is 8.49. The molecule has 0 aromatic heterocycles. The molecule has 0 amide bonds. The Labute approximate surface area is 166 Å². The van der Waals surface area contributed by atoms with Gasteiger partial charge in [0.2, 0.25) is 0 Å². The zero-order chi connectivity index (χ0) is 19.6. The smallest absolute Gasteiger partial charge is 0.143 e. The minimum absolute atomic E-state index is 0.177. The number of methoxy groups -OCH3 is 1. The van der Waals surface area contributed by atoms with Gasteiger partial charge in [0.05, 0.1) is 12.1 Å². The fourth-order valence-corrected chi connectivity index (χ4v) is 3.96. The van der Waals surface area contributed by atoms with E-state index in [1.54, 1.807) is 13.2 Å². The van der Waals surface area contributed by atoms with E-state index in [9.17, 15) is 4.39 Å². The first-order chi connectivity index (χ1) is 12.9. The van der Waals surface area contributed by atoms with Gasteiger partial charge in [-0.05, 0) is 68.1 Å².